The smallest absolute Gasteiger partial charge is 0.253 e. The van der Waals surface area contributed by atoms with Crippen molar-refractivity contribution in [1.29, 1.82) is 0 Å². The van der Waals surface area contributed by atoms with Gasteiger partial charge in [-0.15, -0.1) is 0 Å². The molecule has 1 aliphatic heterocycles. The monoisotopic (exact) mass is 360 g/mol. The van der Waals surface area contributed by atoms with Crippen molar-refractivity contribution in [2.24, 2.45) is 0 Å². The van der Waals surface area contributed by atoms with Crippen LogP contribution >= 0.6 is 11.6 Å². The van der Waals surface area contributed by atoms with Gasteiger partial charge in [-0.1, -0.05) is 29.8 Å². The molecule has 130 valence electrons. The second kappa shape index (κ2) is 7.44. The summed E-state index contributed by atoms with van der Waals surface area (Å²) in [6, 6.07) is 11.4. The Kier molecular flexibility index (Phi) is 5.09. The molecule has 0 aromatic heterocycles. The molecule has 25 heavy (non-hydrogen) atoms. The zero-order valence-corrected chi connectivity index (χ0v) is 14.3. The Morgan fingerprint density at radius 2 is 1.92 bits per heavy atom. The lowest BCUT2D eigenvalue weighted by molar-refractivity contribution is -0.122. The van der Waals surface area contributed by atoms with E-state index in [1.807, 2.05) is 12.1 Å². The number of amides is 2. The lowest BCUT2D eigenvalue weighted by atomic mass is 10.2. The van der Waals surface area contributed by atoms with E-state index in [4.69, 9.17) is 21.1 Å². The summed E-state index contributed by atoms with van der Waals surface area (Å²) in [5.74, 6) is 0.664. The average Bonchev–Trinajstić information content (AvgIpc) is 3.07. The number of nitrogens with one attached hydrogen (secondary N) is 2. The molecule has 0 fully saturated rings. The number of fused-ring (bicyclic) bond motifs is 1. The van der Waals surface area contributed by atoms with Crippen molar-refractivity contribution in [3.05, 3.63) is 58.6 Å². The highest BCUT2D eigenvalue weighted by Gasteiger charge is 2.18. The molecule has 0 radical (unpaired) electrons. The van der Waals surface area contributed by atoms with Crippen molar-refractivity contribution in [2.45, 2.75) is 19.5 Å². The zero-order chi connectivity index (χ0) is 17.8. The highest BCUT2D eigenvalue weighted by Crippen LogP contribution is 2.32. The second-order valence-electron chi connectivity index (χ2n) is 5.58. The third-order valence-corrected chi connectivity index (χ3v) is 4.09. The first-order chi connectivity index (χ1) is 12.0. The maximum atomic E-state index is 12.2. The topological polar surface area (TPSA) is 76.7 Å². The van der Waals surface area contributed by atoms with Crippen molar-refractivity contribution in [1.82, 2.24) is 10.6 Å². The summed E-state index contributed by atoms with van der Waals surface area (Å²) in [4.78, 5) is 24.4. The summed E-state index contributed by atoms with van der Waals surface area (Å²) in [7, 11) is 0. The minimum atomic E-state index is -0.696. The first kappa shape index (κ1) is 17.1. The van der Waals surface area contributed by atoms with Gasteiger partial charge in [0.25, 0.3) is 5.91 Å². The van der Waals surface area contributed by atoms with E-state index in [1.54, 1.807) is 37.3 Å². The summed E-state index contributed by atoms with van der Waals surface area (Å²) in [5.41, 5.74) is 1.21. The molecule has 2 amide bonds. The molecule has 1 atom stereocenters. The van der Waals surface area contributed by atoms with Crippen LogP contribution in [0.15, 0.2) is 42.5 Å². The molecule has 0 saturated heterocycles. The van der Waals surface area contributed by atoms with Crippen LogP contribution in [-0.2, 0) is 11.3 Å². The minimum Gasteiger partial charge on any atom is -0.454 e. The third kappa shape index (κ3) is 4.03. The van der Waals surface area contributed by atoms with E-state index in [-0.39, 0.29) is 12.7 Å². The predicted molar refractivity (Wildman–Crippen MR) is 92.8 cm³/mol. The Hall–Kier alpha value is -2.73. The predicted octanol–water partition coefficient (Wildman–Crippen LogP) is 2.50. The van der Waals surface area contributed by atoms with Crippen LogP contribution in [0.2, 0.25) is 5.02 Å². The van der Waals surface area contributed by atoms with E-state index in [1.165, 1.54) is 0 Å². The quantitative estimate of drug-likeness (QED) is 0.859. The van der Waals surface area contributed by atoms with Crippen molar-refractivity contribution < 1.29 is 19.1 Å². The van der Waals surface area contributed by atoms with Crippen LogP contribution < -0.4 is 20.1 Å². The van der Waals surface area contributed by atoms with Crippen molar-refractivity contribution in [2.75, 3.05) is 6.79 Å². The Labute approximate surface area is 150 Å². The molecule has 0 bridgehead atoms. The van der Waals surface area contributed by atoms with Crippen molar-refractivity contribution in [3.8, 4) is 11.5 Å². The molecule has 2 aromatic rings. The molecule has 0 aliphatic carbocycles. The number of rotatable bonds is 5. The van der Waals surface area contributed by atoms with Gasteiger partial charge in [0.15, 0.2) is 11.5 Å². The van der Waals surface area contributed by atoms with Gasteiger partial charge in [-0.2, -0.15) is 0 Å². The molecule has 6 nitrogen and oxygen atoms in total. The van der Waals surface area contributed by atoms with Crippen LogP contribution in [0.25, 0.3) is 0 Å². The van der Waals surface area contributed by atoms with Gasteiger partial charge in [-0.3, -0.25) is 9.59 Å². The summed E-state index contributed by atoms with van der Waals surface area (Å²) in [5, 5.41) is 5.75. The molecule has 2 N–H and O–H groups in total. The molecule has 1 heterocycles. The number of carbonyl (C=O) groups is 2. The lowest BCUT2D eigenvalue weighted by Crippen LogP contribution is -2.44. The summed E-state index contributed by atoms with van der Waals surface area (Å²) in [6.45, 7) is 2.14. The standard InChI is InChI=1S/C18H17ClN2O4/c1-11(21-18(23)13-4-2-3-5-14(13)19)17(22)20-9-12-6-7-15-16(8-12)25-10-24-15/h2-8,11H,9-10H2,1H3,(H,20,22)(H,21,23). The normalized spacial score (nSPS) is 13.2. The molecule has 1 aliphatic rings. The number of halogens is 1. The van der Waals surface area contributed by atoms with Gasteiger partial charge in [0, 0.05) is 6.54 Å². The Balaban J connectivity index is 1.54. The van der Waals surface area contributed by atoms with E-state index in [2.05, 4.69) is 10.6 Å². The highest BCUT2D eigenvalue weighted by molar-refractivity contribution is 6.33. The fourth-order valence-corrected chi connectivity index (χ4v) is 2.60. The number of carbonyl (C=O) groups excluding carboxylic acids is 2. The van der Waals surface area contributed by atoms with Crippen molar-refractivity contribution >= 4 is 23.4 Å². The number of hydrogen-bond donors (Lipinski definition) is 2. The van der Waals surface area contributed by atoms with E-state index in [0.29, 0.717) is 28.6 Å². The van der Waals surface area contributed by atoms with Gasteiger partial charge in [0.2, 0.25) is 12.7 Å². The zero-order valence-electron chi connectivity index (χ0n) is 13.5. The maximum absolute atomic E-state index is 12.2. The number of hydrogen-bond acceptors (Lipinski definition) is 4. The Bertz CT molecular complexity index is 809. The first-order valence-electron chi connectivity index (χ1n) is 7.76. The first-order valence-corrected chi connectivity index (χ1v) is 8.14. The van der Waals surface area contributed by atoms with Crippen LogP contribution in [0.4, 0.5) is 0 Å². The molecule has 1 unspecified atom stereocenters. The molecule has 3 rings (SSSR count). The van der Waals surface area contributed by atoms with Gasteiger partial charge in [0.05, 0.1) is 10.6 Å². The molecule has 0 spiro atoms. The molecule has 0 saturated carbocycles. The van der Waals surface area contributed by atoms with Gasteiger partial charge in [0.1, 0.15) is 6.04 Å². The van der Waals surface area contributed by atoms with Crippen LogP contribution in [0, 0.1) is 0 Å². The van der Waals surface area contributed by atoms with E-state index in [9.17, 15) is 9.59 Å². The van der Waals surface area contributed by atoms with Gasteiger partial charge >= 0.3 is 0 Å². The van der Waals surface area contributed by atoms with Crippen LogP contribution in [-0.4, -0.2) is 24.6 Å². The highest BCUT2D eigenvalue weighted by atomic mass is 35.5. The van der Waals surface area contributed by atoms with Crippen LogP contribution in [0.3, 0.4) is 0 Å². The van der Waals surface area contributed by atoms with Gasteiger partial charge in [-0.25, -0.2) is 0 Å². The van der Waals surface area contributed by atoms with E-state index >= 15 is 0 Å². The molecule has 2 aromatic carbocycles. The second-order valence-corrected chi connectivity index (χ2v) is 5.99. The van der Waals surface area contributed by atoms with Crippen LogP contribution in [0.1, 0.15) is 22.8 Å². The molecular formula is C18H17ClN2O4. The molecular weight excluding hydrogens is 344 g/mol. The fraction of sp³-hybridized carbons (Fsp3) is 0.222. The SMILES string of the molecule is CC(NC(=O)c1ccccc1Cl)C(=O)NCc1ccc2c(c1)OCO2. The van der Waals surface area contributed by atoms with E-state index < -0.39 is 11.9 Å². The summed E-state index contributed by atoms with van der Waals surface area (Å²) < 4.78 is 10.5. The number of ether oxygens (including phenoxy) is 2. The summed E-state index contributed by atoms with van der Waals surface area (Å²) >= 11 is 5.99. The fourth-order valence-electron chi connectivity index (χ4n) is 2.38. The minimum absolute atomic E-state index is 0.205. The number of benzene rings is 2. The van der Waals surface area contributed by atoms with Gasteiger partial charge in [-0.05, 0) is 36.8 Å². The van der Waals surface area contributed by atoms with E-state index in [0.717, 1.165) is 5.56 Å². The van der Waals surface area contributed by atoms with Gasteiger partial charge < -0.3 is 20.1 Å². The third-order valence-electron chi connectivity index (χ3n) is 3.76. The average molecular weight is 361 g/mol. The van der Waals surface area contributed by atoms with Crippen LogP contribution in [0.5, 0.6) is 11.5 Å². The van der Waals surface area contributed by atoms with Crippen molar-refractivity contribution in [3.63, 3.8) is 0 Å². The Morgan fingerprint density at radius 1 is 1.16 bits per heavy atom. The Morgan fingerprint density at radius 3 is 2.72 bits per heavy atom. The largest absolute Gasteiger partial charge is 0.454 e. The lowest BCUT2D eigenvalue weighted by Gasteiger charge is -2.15. The summed E-state index contributed by atoms with van der Waals surface area (Å²) in [6.07, 6.45) is 0. The molecule has 7 heteroatoms. The maximum Gasteiger partial charge on any atom is 0.253 e.